The number of hydrogen-bond donors (Lipinski definition) is 1. The van der Waals surface area contributed by atoms with Crippen molar-refractivity contribution in [2.75, 3.05) is 7.11 Å². The first-order chi connectivity index (χ1) is 8.41. The molecule has 1 amide bonds. The van der Waals surface area contributed by atoms with Gasteiger partial charge in [0.2, 0.25) is 5.54 Å². The first-order valence-corrected chi connectivity index (χ1v) is 5.63. The number of esters is 1. The number of amides is 1. The van der Waals surface area contributed by atoms with Gasteiger partial charge in [0.15, 0.2) is 6.04 Å². The van der Waals surface area contributed by atoms with Gasteiger partial charge in [-0.05, 0) is 20.8 Å². The molecule has 0 aromatic rings. The smallest absolute Gasteiger partial charge is 0.408 e. The summed E-state index contributed by atoms with van der Waals surface area (Å²) >= 11 is 0. The van der Waals surface area contributed by atoms with Crippen molar-refractivity contribution in [3.05, 3.63) is 10.1 Å². The van der Waals surface area contributed by atoms with Gasteiger partial charge in [0.1, 0.15) is 5.60 Å². The lowest BCUT2D eigenvalue weighted by Gasteiger charge is -2.27. The lowest BCUT2D eigenvalue weighted by molar-refractivity contribution is -0.562. The van der Waals surface area contributed by atoms with Gasteiger partial charge in [-0.2, -0.15) is 0 Å². The van der Waals surface area contributed by atoms with Crippen molar-refractivity contribution in [1.29, 1.82) is 0 Å². The zero-order valence-corrected chi connectivity index (χ0v) is 12.0. The summed E-state index contributed by atoms with van der Waals surface area (Å²) in [6.07, 6.45) is -0.919. The predicted molar refractivity (Wildman–Crippen MR) is 66.2 cm³/mol. The Bertz CT molecular complexity index is 372. The fourth-order valence-corrected chi connectivity index (χ4v) is 1.17. The number of carbonyl (C=O) groups excluding carboxylic acids is 2. The van der Waals surface area contributed by atoms with E-state index in [1.807, 2.05) is 0 Å². The normalized spacial score (nSPS) is 13.4. The van der Waals surface area contributed by atoms with Gasteiger partial charge in [-0.1, -0.05) is 0 Å². The third-order valence-corrected chi connectivity index (χ3v) is 2.27. The summed E-state index contributed by atoms with van der Waals surface area (Å²) in [5, 5.41) is 13.1. The zero-order chi connectivity index (χ0) is 15.4. The van der Waals surface area contributed by atoms with E-state index in [1.165, 1.54) is 13.8 Å². The van der Waals surface area contributed by atoms with Crippen molar-refractivity contribution in [3.63, 3.8) is 0 Å². The summed E-state index contributed by atoms with van der Waals surface area (Å²) in [6, 6.07) is -1.44. The maximum Gasteiger partial charge on any atom is 0.408 e. The third-order valence-electron chi connectivity index (χ3n) is 2.27. The molecule has 0 unspecified atom stereocenters. The highest BCUT2D eigenvalue weighted by molar-refractivity contribution is 5.82. The Kier molecular flexibility index (Phi) is 5.28. The number of rotatable bonds is 4. The van der Waals surface area contributed by atoms with Crippen molar-refractivity contribution in [3.8, 4) is 0 Å². The van der Waals surface area contributed by atoms with Gasteiger partial charge in [0, 0.05) is 18.8 Å². The molecule has 0 aromatic heterocycles. The molecule has 0 aliphatic carbocycles. The molecule has 0 aliphatic rings. The first-order valence-electron chi connectivity index (χ1n) is 5.63. The van der Waals surface area contributed by atoms with Crippen molar-refractivity contribution >= 4 is 12.1 Å². The largest absolute Gasteiger partial charge is 0.467 e. The summed E-state index contributed by atoms with van der Waals surface area (Å²) in [5.41, 5.74) is -2.49. The van der Waals surface area contributed by atoms with E-state index in [0.29, 0.717) is 0 Å². The minimum Gasteiger partial charge on any atom is -0.467 e. The molecule has 0 bridgehead atoms. The Morgan fingerprint density at radius 3 is 2.00 bits per heavy atom. The highest BCUT2D eigenvalue weighted by atomic mass is 16.6. The number of carbonyl (C=O) groups is 2. The van der Waals surface area contributed by atoms with E-state index in [2.05, 4.69) is 10.1 Å². The zero-order valence-electron chi connectivity index (χ0n) is 12.0. The Balaban J connectivity index is 5.06. The number of methoxy groups -OCH3 is 1. The predicted octanol–water partition coefficient (Wildman–Crippen LogP) is 1.11. The average molecular weight is 276 g/mol. The second-order valence-corrected chi connectivity index (χ2v) is 5.51. The number of alkyl carbamates (subject to hydrolysis) is 1. The number of nitrogens with one attached hydrogen (secondary N) is 1. The third kappa shape index (κ3) is 5.11. The molecule has 19 heavy (non-hydrogen) atoms. The molecule has 0 heterocycles. The van der Waals surface area contributed by atoms with E-state index >= 15 is 0 Å². The van der Waals surface area contributed by atoms with E-state index in [1.54, 1.807) is 20.8 Å². The quantitative estimate of drug-likeness (QED) is 0.468. The highest BCUT2D eigenvalue weighted by Crippen LogP contribution is 2.16. The molecule has 1 N–H and O–H groups in total. The van der Waals surface area contributed by atoms with Crippen molar-refractivity contribution in [2.24, 2.45) is 0 Å². The van der Waals surface area contributed by atoms with Crippen molar-refractivity contribution in [1.82, 2.24) is 5.32 Å². The molecule has 0 saturated carbocycles. The van der Waals surface area contributed by atoms with Gasteiger partial charge < -0.3 is 14.8 Å². The van der Waals surface area contributed by atoms with Crippen LogP contribution < -0.4 is 5.32 Å². The van der Waals surface area contributed by atoms with Gasteiger partial charge in [-0.15, -0.1) is 0 Å². The van der Waals surface area contributed by atoms with E-state index in [0.717, 1.165) is 7.11 Å². The molecule has 8 nitrogen and oxygen atoms in total. The Morgan fingerprint density at radius 2 is 1.68 bits per heavy atom. The molecule has 0 spiro atoms. The standard InChI is InChI=1S/C11H20N2O6/c1-10(2,3)19-9(15)12-7(8(14)18-6)11(4,5)13(16)17/h7H,1-6H3,(H,12,15)/t7-/m1/s1. The van der Waals surface area contributed by atoms with Gasteiger partial charge in [0.25, 0.3) is 0 Å². The molecule has 1 atom stereocenters. The molecule has 8 heteroatoms. The summed E-state index contributed by atoms with van der Waals surface area (Å²) in [6.45, 7) is 7.34. The number of nitrogens with zero attached hydrogens (tertiary/aromatic N) is 1. The topological polar surface area (TPSA) is 108 Å². The molecule has 110 valence electrons. The summed E-state index contributed by atoms with van der Waals surface area (Å²) < 4.78 is 9.42. The van der Waals surface area contributed by atoms with Crippen molar-refractivity contribution in [2.45, 2.75) is 51.8 Å². The lowest BCUT2D eigenvalue weighted by Crippen LogP contribution is -2.58. The van der Waals surface area contributed by atoms with Crippen LogP contribution in [0.3, 0.4) is 0 Å². The number of hydrogen-bond acceptors (Lipinski definition) is 6. The monoisotopic (exact) mass is 276 g/mol. The van der Waals surface area contributed by atoms with Crippen LogP contribution in [0, 0.1) is 10.1 Å². The van der Waals surface area contributed by atoms with E-state index < -0.39 is 34.2 Å². The molecule has 0 saturated heterocycles. The van der Waals surface area contributed by atoms with Gasteiger partial charge in [-0.3, -0.25) is 10.1 Å². The van der Waals surface area contributed by atoms with Crippen LogP contribution >= 0.6 is 0 Å². The van der Waals surface area contributed by atoms with Crippen LogP contribution in [0.5, 0.6) is 0 Å². The summed E-state index contributed by atoms with van der Waals surface area (Å²) in [7, 11) is 1.09. The molecule has 0 rings (SSSR count). The Labute approximate surface area is 111 Å². The highest BCUT2D eigenvalue weighted by Gasteiger charge is 2.48. The Hall–Kier alpha value is -1.86. The molecule has 0 fully saturated rings. The fourth-order valence-electron chi connectivity index (χ4n) is 1.17. The SMILES string of the molecule is COC(=O)[C@@H](NC(=O)OC(C)(C)C)C(C)(C)[N+](=O)[O-]. The molecular formula is C11H20N2O6. The van der Waals surface area contributed by atoms with Crippen LogP contribution in [0.25, 0.3) is 0 Å². The maximum atomic E-state index is 11.6. The van der Waals surface area contributed by atoms with E-state index in [-0.39, 0.29) is 0 Å². The van der Waals surface area contributed by atoms with Crippen molar-refractivity contribution < 1.29 is 24.0 Å². The van der Waals surface area contributed by atoms with Gasteiger partial charge in [-0.25, -0.2) is 9.59 Å². The molecule has 0 aliphatic heterocycles. The van der Waals surface area contributed by atoms with Crippen LogP contribution in [0.15, 0.2) is 0 Å². The minimum atomic E-state index is -1.72. The van der Waals surface area contributed by atoms with Crippen LogP contribution in [0.4, 0.5) is 4.79 Å². The molecular weight excluding hydrogens is 256 g/mol. The summed E-state index contributed by atoms with van der Waals surface area (Å²) in [5.74, 6) is -0.910. The number of nitro groups is 1. The second kappa shape index (κ2) is 5.85. The minimum absolute atomic E-state index is 0.661. The van der Waals surface area contributed by atoms with Crippen LogP contribution in [-0.4, -0.2) is 41.3 Å². The average Bonchev–Trinajstić information content (AvgIpc) is 2.21. The molecule has 0 aromatic carbocycles. The second-order valence-electron chi connectivity index (χ2n) is 5.51. The van der Waals surface area contributed by atoms with Crippen LogP contribution in [0.1, 0.15) is 34.6 Å². The lowest BCUT2D eigenvalue weighted by atomic mass is 9.95. The summed E-state index contributed by atoms with van der Waals surface area (Å²) in [4.78, 5) is 33.5. The van der Waals surface area contributed by atoms with Crippen LogP contribution in [0.2, 0.25) is 0 Å². The van der Waals surface area contributed by atoms with Gasteiger partial charge >= 0.3 is 12.1 Å². The number of ether oxygens (including phenoxy) is 2. The van der Waals surface area contributed by atoms with E-state index in [9.17, 15) is 19.7 Å². The first kappa shape index (κ1) is 17.1. The maximum absolute atomic E-state index is 11.6. The van der Waals surface area contributed by atoms with Gasteiger partial charge in [0.05, 0.1) is 7.11 Å². The molecule has 0 radical (unpaired) electrons. The fraction of sp³-hybridized carbons (Fsp3) is 0.818. The van der Waals surface area contributed by atoms with Crippen LogP contribution in [-0.2, 0) is 14.3 Å². The van der Waals surface area contributed by atoms with E-state index in [4.69, 9.17) is 4.74 Å². The Morgan fingerprint density at radius 1 is 1.21 bits per heavy atom.